The normalized spacial score (nSPS) is 12.0. The highest BCUT2D eigenvalue weighted by molar-refractivity contribution is 6.33. The van der Waals surface area contributed by atoms with Gasteiger partial charge in [-0.25, -0.2) is 0 Å². The van der Waals surface area contributed by atoms with Crippen LogP contribution in [-0.4, -0.2) is 0 Å². The van der Waals surface area contributed by atoms with Gasteiger partial charge >= 0.3 is 0 Å². The Morgan fingerprint density at radius 2 is 1.62 bits per heavy atom. The molecule has 0 saturated carbocycles. The van der Waals surface area contributed by atoms with Gasteiger partial charge in [-0.15, -0.1) is 0 Å². The molecule has 3 rings (SSSR count). The van der Waals surface area contributed by atoms with Crippen LogP contribution < -0.4 is 21.6 Å². The number of hydrogen-bond acceptors (Lipinski definition) is 4. The summed E-state index contributed by atoms with van der Waals surface area (Å²) in [5.74, 6) is 0. The van der Waals surface area contributed by atoms with Crippen molar-refractivity contribution in [2.75, 3.05) is 5.43 Å². The summed E-state index contributed by atoms with van der Waals surface area (Å²) in [5, 5.41) is 5.15. The lowest BCUT2D eigenvalue weighted by molar-refractivity contribution is 1.20. The smallest absolute Gasteiger partial charge is 0.218 e. The molecular weight excluding hydrogens is 311 g/mol. The molecule has 0 aliphatic carbocycles. The van der Waals surface area contributed by atoms with Gasteiger partial charge in [0.05, 0.1) is 10.7 Å². The number of nitrogens with one attached hydrogen (secondary N) is 1. The summed E-state index contributed by atoms with van der Waals surface area (Å²) in [6.45, 7) is 0. The summed E-state index contributed by atoms with van der Waals surface area (Å²) < 4.78 is 0. The van der Waals surface area contributed by atoms with Crippen LogP contribution in [0.25, 0.3) is 10.8 Å². The van der Waals surface area contributed by atoms with Crippen molar-refractivity contribution in [1.82, 2.24) is 0 Å². The molecular formula is C15H8Cl2N2O2. The van der Waals surface area contributed by atoms with Crippen LogP contribution in [0.1, 0.15) is 0 Å². The number of nitrogens with zero attached hydrogens (tertiary/aromatic N) is 1. The van der Waals surface area contributed by atoms with Crippen LogP contribution in [0.3, 0.4) is 0 Å². The molecule has 0 spiro atoms. The molecule has 0 aliphatic heterocycles. The molecule has 0 saturated heterocycles. The Morgan fingerprint density at radius 1 is 0.905 bits per heavy atom. The number of fused-ring (bicyclic) bond motifs is 1. The number of halogens is 2. The fourth-order valence-electron chi connectivity index (χ4n) is 2.03. The fraction of sp³-hybridized carbons (Fsp3) is 0. The van der Waals surface area contributed by atoms with Gasteiger partial charge in [0.1, 0.15) is 0 Å². The molecule has 21 heavy (non-hydrogen) atoms. The Labute approximate surface area is 129 Å². The second-order valence-electron chi connectivity index (χ2n) is 4.40. The van der Waals surface area contributed by atoms with E-state index in [1.807, 2.05) is 0 Å². The first kappa shape index (κ1) is 13.8. The number of anilines is 1. The third kappa shape index (κ3) is 2.44. The lowest BCUT2D eigenvalue weighted by atomic mass is 10.2. The van der Waals surface area contributed by atoms with Crippen LogP contribution in [0.15, 0.2) is 57.2 Å². The Hall–Kier alpha value is -2.17. The van der Waals surface area contributed by atoms with E-state index < -0.39 is 10.9 Å². The summed E-state index contributed by atoms with van der Waals surface area (Å²) in [5.41, 5.74) is 2.29. The highest BCUT2D eigenvalue weighted by Gasteiger charge is 2.11. The lowest BCUT2D eigenvalue weighted by Gasteiger charge is -2.00. The van der Waals surface area contributed by atoms with Crippen molar-refractivity contribution in [1.29, 1.82) is 0 Å². The van der Waals surface area contributed by atoms with Gasteiger partial charge < -0.3 is 0 Å². The predicted molar refractivity (Wildman–Crippen MR) is 84.5 cm³/mol. The Bertz CT molecular complexity index is 989. The highest BCUT2D eigenvalue weighted by atomic mass is 35.5. The van der Waals surface area contributed by atoms with Gasteiger partial charge in [0.2, 0.25) is 10.9 Å². The molecule has 0 radical (unpaired) electrons. The molecule has 0 atom stereocenters. The highest BCUT2D eigenvalue weighted by Crippen LogP contribution is 2.20. The summed E-state index contributed by atoms with van der Waals surface area (Å²) in [6, 6.07) is 11.5. The van der Waals surface area contributed by atoms with Crippen LogP contribution >= 0.6 is 23.2 Å². The molecule has 0 fully saturated rings. The minimum Gasteiger partial charge on any atom is -0.287 e. The lowest BCUT2D eigenvalue weighted by Crippen LogP contribution is -2.32. The van der Waals surface area contributed by atoms with Crippen molar-refractivity contribution in [3.8, 4) is 0 Å². The summed E-state index contributed by atoms with van der Waals surface area (Å²) in [6.07, 6.45) is 0. The maximum atomic E-state index is 12.2. The molecule has 0 unspecified atom stereocenters. The van der Waals surface area contributed by atoms with E-state index in [-0.39, 0.29) is 10.7 Å². The van der Waals surface area contributed by atoms with Crippen molar-refractivity contribution < 1.29 is 0 Å². The zero-order chi connectivity index (χ0) is 15.0. The van der Waals surface area contributed by atoms with Crippen LogP contribution in [0.2, 0.25) is 10.0 Å². The molecule has 0 aliphatic rings. The molecule has 1 N–H and O–H groups in total. The summed E-state index contributed by atoms with van der Waals surface area (Å²) in [7, 11) is 0. The second-order valence-corrected chi connectivity index (χ2v) is 5.24. The molecule has 0 heterocycles. The van der Waals surface area contributed by atoms with Gasteiger partial charge in [-0.3, -0.25) is 15.0 Å². The Morgan fingerprint density at radius 3 is 2.38 bits per heavy atom. The second kappa shape index (κ2) is 5.31. The van der Waals surface area contributed by atoms with E-state index in [4.69, 9.17) is 23.2 Å². The zero-order valence-electron chi connectivity index (χ0n) is 10.6. The van der Waals surface area contributed by atoms with E-state index in [0.29, 0.717) is 21.1 Å². The van der Waals surface area contributed by atoms with E-state index in [1.54, 1.807) is 30.3 Å². The number of hydrogen-bond donors (Lipinski definition) is 1. The van der Waals surface area contributed by atoms with E-state index in [1.165, 1.54) is 12.1 Å². The molecule has 6 heteroatoms. The first-order valence-corrected chi connectivity index (χ1v) is 6.80. The van der Waals surface area contributed by atoms with Crippen molar-refractivity contribution >= 4 is 39.7 Å². The first-order chi connectivity index (χ1) is 10.1. The molecule has 3 aromatic carbocycles. The van der Waals surface area contributed by atoms with Gasteiger partial charge in [0.15, 0.2) is 5.36 Å². The monoisotopic (exact) mass is 318 g/mol. The molecule has 3 aromatic rings. The van der Waals surface area contributed by atoms with E-state index in [2.05, 4.69) is 10.5 Å². The number of benzene rings is 2. The standard InChI is InChI=1S/C15H8Cl2N2O2/c16-8-5-6-9-10(7-8)15(21)13(14(9)20)19-18-12-4-2-1-3-11(12)17/h1-7,18H/b19-13+. The SMILES string of the molecule is O=c1/c(=N\Nc2ccccc2Cl)c(=O)c2cc(Cl)ccc12. The fourth-order valence-corrected chi connectivity index (χ4v) is 2.38. The number of para-hydroxylation sites is 1. The van der Waals surface area contributed by atoms with E-state index in [0.717, 1.165) is 0 Å². The molecule has 0 bridgehead atoms. The van der Waals surface area contributed by atoms with Crippen LogP contribution in [0.5, 0.6) is 0 Å². The Balaban J connectivity index is 2.17. The van der Waals surface area contributed by atoms with Crippen molar-refractivity contribution in [3.63, 3.8) is 0 Å². The molecule has 0 aromatic heterocycles. The summed E-state index contributed by atoms with van der Waals surface area (Å²) in [4.78, 5) is 24.3. The summed E-state index contributed by atoms with van der Waals surface area (Å²) >= 11 is 11.8. The molecule has 104 valence electrons. The quantitative estimate of drug-likeness (QED) is 0.739. The average Bonchev–Trinajstić information content (AvgIpc) is 2.70. The third-order valence-corrected chi connectivity index (χ3v) is 3.63. The number of rotatable bonds is 2. The maximum Gasteiger partial charge on any atom is 0.218 e. The van der Waals surface area contributed by atoms with Crippen LogP contribution in [0.4, 0.5) is 5.69 Å². The average molecular weight is 319 g/mol. The minimum absolute atomic E-state index is 0.174. The topological polar surface area (TPSA) is 58.5 Å². The molecule has 0 amide bonds. The van der Waals surface area contributed by atoms with Gasteiger partial charge in [0, 0.05) is 15.8 Å². The third-order valence-electron chi connectivity index (χ3n) is 3.06. The van der Waals surface area contributed by atoms with Crippen molar-refractivity contribution in [2.45, 2.75) is 0 Å². The van der Waals surface area contributed by atoms with Gasteiger partial charge in [-0.05, 0) is 30.3 Å². The minimum atomic E-state index is -0.447. The largest absolute Gasteiger partial charge is 0.287 e. The first-order valence-electron chi connectivity index (χ1n) is 6.05. The van der Waals surface area contributed by atoms with Gasteiger partial charge in [0.25, 0.3) is 0 Å². The van der Waals surface area contributed by atoms with Gasteiger partial charge in [-0.2, -0.15) is 5.10 Å². The Kier molecular flexibility index (Phi) is 3.49. The van der Waals surface area contributed by atoms with Crippen molar-refractivity contribution in [3.05, 3.63) is 78.3 Å². The molecule has 4 nitrogen and oxygen atoms in total. The predicted octanol–water partition coefficient (Wildman–Crippen LogP) is 2.67. The van der Waals surface area contributed by atoms with E-state index in [9.17, 15) is 9.59 Å². The van der Waals surface area contributed by atoms with E-state index >= 15 is 0 Å². The van der Waals surface area contributed by atoms with Crippen LogP contribution in [-0.2, 0) is 0 Å². The zero-order valence-corrected chi connectivity index (χ0v) is 12.1. The van der Waals surface area contributed by atoms with Gasteiger partial charge in [-0.1, -0.05) is 35.3 Å². The maximum absolute atomic E-state index is 12.2. The van der Waals surface area contributed by atoms with Crippen molar-refractivity contribution in [2.24, 2.45) is 5.10 Å². The van der Waals surface area contributed by atoms with Crippen LogP contribution in [0, 0.1) is 0 Å².